The summed E-state index contributed by atoms with van der Waals surface area (Å²) in [5, 5.41) is 2.97. The van der Waals surface area contributed by atoms with E-state index in [1.165, 1.54) is 18.2 Å². The van der Waals surface area contributed by atoms with Gasteiger partial charge in [0.05, 0.1) is 5.54 Å². The SMILES string of the molecule is NC1(C(=O)NCc2cc(Cl)ccc2OC(F)F)CC1. The number of alkyl halides is 2. The molecule has 1 aliphatic carbocycles. The second kappa shape index (κ2) is 5.30. The Labute approximate surface area is 113 Å². The number of halogens is 3. The molecule has 1 amide bonds. The average Bonchev–Trinajstić information content (AvgIpc) is 3.08. The molecule has 0 spiro atoms. The third kappa shape index (κ3) is 3.54. The molecular formula is C12H13ClF2N2O2. The maximum Gasteiger partial charge on any atom is 0.387 e. The van der Waals surface area contributed by atoms with Crippen LogP contribution in [0.2, 0.25) is 5.02 Å². The van der Waals surface area contributed by atoms with Crippen LogP contribution in [-0.2, 0) is 11.3 Å². The van der Waals surface area contributed by atoms with Crippen molar-refractivity contribution in [3.8, 4) is 5.75 Å². The summed E-state index contributed by atoms with van der Waals surface area (Å²) >= 11 is 5.79. The standard InChI is InChI=1S/C12H13ClF2N2O2/c13-8-1-2-9(19-11(14)15)7(5-8)6-17-10(18)12(16)3-4-12/h1-2,5,11H,3-4,6,16H2,(H,17,18). The van der Waals surface area contributed by atoms with Gasteiger partial charge in [-0.2, -0.15) is 8.78 Å². The van der Waals surface area contributed by atoms with E-state index in [0.717, 1.165) is 0 Å². The number of carbonyl (C=O) groups is 1. The minimum atomic E-state index is -2.93. The van der Waals surface area contributed by atoms with Gasteiger partial charge in [-0.1, -0.05) is 11.6 Å². The largest absolute Gasteiger partial charge is 0.434 e. The molecule has 1 aliphatic rings. The Morgan fingerprint density at radius 1 is 1.53 bits per heavy atom. The van der Waals surface area contributed by atoms with Crippen LogP contribution in [0.5, 0.6) is 5.75 Å². The predicted molar refractivity (Wildman–Crippen MR) is 66.1 cm³/mol. The number of benzene rings is 1. The molecule has 2 rings (SSSR count). The number of ether oxygens (including phenoxy) is 1. The topological polar surface area (TPSA) is 64.4 Å². The normalized spacial score (nSPS) is 16.3. The van der Waals surface area contributed by atoms with Crippen molar-refractivity contribution in [3.05, 3.63) is 28.8 Å². The van der Waals surface area contributed by atoms with Gasteiger partial charge in [-0.3, -0.25) is 4.79 Å². The maximum absolute atomic E-state index is 12.2. The molecule has 0 unspecified atom stereocenters. The van der Waals surface area contributed by atoms with Crippen molar-refractivity contribution in [2.75, 3.05) is 0 Å². The van der Waals surface area contributed by atoms with Crippen LogP contribution in [0.1, 0.15) is 18.4 Å². The lowest BCUT2D eigenvalue weighted by molar-refractivity contribution is -0.123. The molecule has 1 saturated carbocycles. The van der Waals surface area contributed by atoms with Crippen molar-refractivity contribution in [2.24, 2.45) is 5.73 Å². The fraction of sp³-hybridized carbons (Fsp3) is 0.417. The van der Waals surface area contributed by atoms with E-state index in [-0.39, 0.29) is 18.2 Å². The Balaban J connectivity index is 2.05. The number of hydrogen-bond acceptors (Lipinski definition) is 3. The molecule has 0 radical (unpaired) electrons. The van der Waals surface area contributed by atoms with Crippen molar-refractivity contribution in [1.29, 1.82) is 0 Å². The quantitative estimate of drug-likeness (QED) is 0.872. The van der Waals surface area contributed by atoms with Crippen LogP contribution in [0.3, 0.4) is 0 Å². The molecule has 0 heterocycles. The van der Waals surface area contributed by atoms with Crippen molar-refractivity contribution in [1.82, 2.24) is 5.32 Å². The van der Waals surface area contributed by atoms with Crippen LogP contribution in [0.25, 0.3) is 0 Å². The lowest BCUT2D eigenvalue weighted by Gasteiger charge is -2.14. The van der Waals surface area contributed by atoms with Gasteiger partial charge in [0.15, 0.2) is 0 Å². The predicted octanol–water partition coefficient (Wildman–Crippen LogP) is 2.05. The molecule has 0 saturated heterocycles. The van der Waals surface area contributed by atoms with Crippen molar-refractivity contribution < 1.29 is 18.3 Å². The third-order valence-corrected chi connectivity index (χ3v) is 3.15. The van der Waals surface area contributed by atoms with E-state index in [4.69, 9.17) is 17.3 Å². The van der Waals surface area contributed by atoms with Gasteiger partial charge >= 0.3 is 6.61 Å². The van der Waals surface area contributed by atoms with Crippen LogP contribution in [-0.4, -0.2) is 18.1 Å². The van der Waals surface area contributed by atoms with Crippen LogP contribution >= 0.6 is 11.6 Å². The second-order valence-corrected chi connectivity index (χ2v) is 4.91. The number of carbonyl (C=O) groups excluding carboxylic acids is 1. The monoisotopic (exact) mass is 290 g/mol. The van der Waals surface area contributed by atoms with Crippen molar-refractivity contribution in [2.45, 2.75) is 31.5 Å². The molecule has 104 valence electrons. The van der Waals surface area contributed by atoms with E-state index in [1.54, 1.807) is 0 Å². The molecule has 1 aromatic rings. The van der Waals surface area contributed by atoms with Crippen LogP contribution in [0.4, 0.5) is 8.78 Å². The average molecular weight is 291 g/mol. The first-order valence-corrected chi connectivity index (χ1v) is 6.09. The summed E-state index contributed by atoms with van der Waals surface area (Å²) in [6.07, 6.45) is 1.27. The Morgan fingerprint density at radius 3 is 2.79 bits per heavy atom. The van der Waals surface area contributed by atoms with Gasteiger partial charge in [0.25, 0.3) is 0 Å². The van der Waals surface area contributed by atoms with Gasteiger partial charge in [0.1, 0.15) is 5.75 Å². The zero-order valence-corrected chi connectivity index (χ0v) is 10.7. The molecular weight excluding hydrogens is 278 g/mol. The van der Waals surface area contributed by atoms with E-state index >= 15 is 0 Å². The van der Waals surface area contributed by atoms with Gasteiger partial charge in [-0.15, -0.1) is 0 Å². The molecule has 0 bridgehead atoms. The molecule has 0 aromatic heterocycles. The summed E-state index contributed by atoms with van der Waals surface area (Å²) in [6, 6.07) is 4.25. The first-order valence-electron chi connectivity index (χ1n) is 5.71. The lowest BCUT2D eigenvalue weighted by atomic mass is 10.2. The van der Waals surface area contributed by atoms with Gasteiger partial charge in [-0.25, -0.2) is 0 Å². The number of rotatable bonds is 5. The van der Waals surface area contributed by atoms with E-state index in [2.05, 4.69) is 10.1 Å². The Morgan fingerprint density at radius 2 is 2.21 bits per heavy atom. The third-order valence-electron chi connectivity index (χ3n) is 2.92. The Kier molecular flexibility index (Phi) is 3.91. The minimum Gasteiger partial charge on any atom is -0.434 e. The lowest BCUT2D eigenvalue weighted by Crippen LogP contribution is -2.42. The van der Waals surface area contributed by atoms with Gasteiger partial charge in [-0.05, 0) is 31.0 Å². The Hall–Kier alpha value is -1.40. The molecule has 1 aromatic carbocycles. The van der Waals surface area contributed by atoms with E-state index in [9.17, 15) is 13.6 Å². The number of hydrogen-bond donors (Lipinski definition) is 2. The van der Waals surface area contributed by atoms with Crippen LogP contribution in [0.15, 0.2) is 18.2 Å². The summed E-state index contributed by atoms with van der Waals surface area (Å²) in [5.41, 5.74) is 5.29. The highest BCUT2D eigenvalue weighted by Gasteiger charge is 2.45. The highest BCUT2D eigenvalue weighted by atomic mass is 35.5. The molecule has 7 heteroatoms. The summed E-state index contributed by atoms with van der Waals surface area (Å²) in [7, 11) is 0. The summed E-state index contributed by atoms with van der Waals surface area (Å²) < 4.78 is 28.8. The fourth-order valence-corrected chi connectivity index (χ4v) is 1.81. The maximum atomic E-state index is 12.2. The Bertz CT molecular complexity index is 493. The number of amides is 1. The highest BCUT2D eigenvalue weighted by Crippen LogP contribution is 2.32. The first kappa shape index (κ1) is 14.0. The minimum absolute atomic E-state index is 0.0124. The smallest absolute Gasteiger partial charge is 0.387 e. The zero-order valence-electron chi connectivity index (χ0n) is 9.96. The summed E-state index contributed by atoms with van der Waals surface area (Å²) in [4.78, 5) is 11.7. The van der Waals surface area contributed by atoms with Crippen LogP contribution in [0, 0.1) is 0 Å². The molecule has 4 nitrogen and oxygen atoms in total. The second-order valence-electron chi connectivity index (χ2n) is 4.47. The summed E-state index contributed by atoms with van der Waals surface area (Å²) in [6.45, 7) is -2.89. The molecule has 1 fully saturated rings. The molecule has 0 atom stereocenters. The summed E-state index contributed by atoms with van der Waals surface area (Å²) in [5.74, 6) is -0.308. The van der Waals surface area contributed by atoms with Crippen LogP contribution < -0.4 is 15.8 Å². The van der Waals surface area contributed by atoms with E-state index < -0.39 is 12.2 Å². The first-order chi connectivity index (χ1) is 8.90. The van der Waals surface area contributed by atoms with Gasteiger partial charge in [0, 0.05) is 17.1 Å². The van der Waals surface area contributed by atoms with Gasteiger partial charge in [0.2, 0.25) is 5.91 Å². The number of nitrogens with one attached hydrogen (secondary N) is 1. The fourth-order valence-electron chi connectivity index (χ4n) is 1.61. The molecule has 3 N–H and O–H groups in total. The zero-order chi connectivity index (χ0) is 14.0. The van der Waals surface area contributed by atoms with E-state index in [1.807, 2.05) is 0 Å². The van der Waals surface area contributed by atoms with Gasteiger partial charge < -0.3 is 15.8 Å². The van der Waals surface area contributed by atoms with Crippen molar-refractivity contribution in [3.63, 3.8) is 0 Å². The number of nitrogens with two attached hydrogens (primary N) is 1. The highest BCUT2D eigenvalue weighted by molar-refractivity contribution is 6.30. The molecule has 19 heavy (non-hydrogen) atoms. The molecule has 0 aliphatic heterocycles. The van der Waals surface area contributed by atoms with E-state index in [0.29, 0.717) is 23.4 Å². The van der Waals surface area contributed by atoms with Crippen molar-refractivity contribution >= 4 is 17.5 Å².